The van der Waals surface area contributed by atoms with E-state index in [4.69, 9.17) is 5.73 Å². The van der Waals surface area contributed by atoms with Gasteiger partial charge in [-0.3, -0.25) is 0 Å². The number of allylic oxidation sites excluding steroid dienone is 1. The van der Waals surface area contributed by atoms with Gasteiger partial charge in [-0.25, -0.2) is 15.0 Å². The average Bonchev–Trinajstić information content (AvgIpc) is 3.01. The fraction of sp³-hybridized carbons (Fsp3) is 0.417. The molecule has 0 unspecified atom stereocenters. The maximum absolute atomic E-state index is 9.52. The number of hydrogen-bond donors (Lipinski definition) is 3. The van der Waals surface area contributed by atoms with E-state index in [1.54, 1.807) is 6.33 Å². The van der Waals surface area contributed by atoms with Crippen LogP contribution in [0.4, 0.5) is 5.82 Å². The van der Waals surface area contributed by atoms with E-state index < -0.39 is 0 Å². The van der Waals surface area contributed by atoms with Crippen LogP contribution in [-0.4, -0.2) is 42.9 Å². The molecule has 0 spiro atoms. The van der Waals surface area contributed by atoms with E-state index in [1.165, 1.54) is 6.33 Å². The summed E-state index contributed by atoms with van der Waals surface area (Å²) >= 11 is 0. The van der Waals surface area contributed by atoms with Crippen LogP contribution in [0.2, 0.25) is 0 Å². The number of anilines is 1. The summed E-state index contributed by atoms with van der Waals surface area (Å²) in [6.07, 6.45) is 6.92. The van der Waals surface area contributed by atoms with Crippen molar-refractivity contribution in [2.45, 2.75) is 6.04 Å². The van der Waals surface area contributed by atoms with E-state index in [2.05, 4.69) is 15.0 Å². The Bertz CT molecular complexity index is 624. The van der Waals surface area contributed by atoms with Crippen molar-refractivity contribution in [1.82, 2.24) is 19.5 Å². The van der Waals surface area contributed by atoms with E-state index in [9.17, 15) is 10.2 Å². The molecule has 7 nitrogen and oxygen atoms in total. The molecule has 7 heteroatoms. The van der Waals surface area contributed by atoms with Gasteiger partial charge in [-0.2, -0.15) is 0 Å². The van der Waals surface area contributed by atoms with Crippen LogP contribution in [0.25, 0.3) is 11.2 Å². The third kappa shape index (κ3) is 1.78. The minimum Gasteiger partial charge on any atom is -0.396 e. The Morgan fingerprint density at radius 1 is 1.16 bits per heavy atom. The first kappa shape index (κ1) is 12.1. The first-order chi connectivity index (χ1) is 9.26. The summed E-state index contributed by atoms with van der Waals surface area (Å²) in [6.45, 7) is 0.00507. The van der Waals surface area contributed by atoms with Crippen molar-refractivity contribution in [2.24, 2.45) is 11.8 Å². The van der Waals surface area contributed by atoms with Crippen molar-refractivity contribution in [3.63, 3.8) is 0 Å². The monoisotopic (exact) mass is 261 g/mol. The van der Waals surface area contributed by atoms with Crippen LogP contribution in [0.3, 0.4) is 0 Å². The number of nitrogens with zero attached hydrogens (tertiary/aromatic N) is 4. The van der Waals surface area contributed by atoms with E-state index in [0.29, 0.717) is 17.0 Å². The number of nitrogens with two attached hydrogens (primary N) is 1. The van der Waals surface area contributed by atoms with Crippen LogP contribution in [0.5, 0.6) is 0 Å². The predicted molar refractivity (Wildman–Crippen MR) is 69.1 cm³/mol. The van der Waals surface area contributed by atoms with E-state index in [0.717, 1.165) is 0 Å². The molecule has 0 aliphatic heterocycles. The van der Waals surface area contributed by atoms with Crippen LogP contribution in [-0.2, 0) is 0 Å². The molecule has 0 saturated carbocycles. The largest absolute Gasteiger partial charge is 0.396 e. The topological polar surface area (TPSA) is 110 Å². The number of rotatable bonds is 3. The number of hydrogen-bond acceptors (Lipinski definition) is 6. The normalized spacial score (nSPS) is 26.3. The van der Waals surface area contributed by atoms with Gasteiger partial charge in [0.15, 0.2) is 11.5 Å². The number of imidazole rings is 1. The lowest BCUT2D eigenvalue weighted by atomic mass is 9.94. The summed E-state index contributed by atoms with van der Waals surface area (Å²) in [6, 6.07) is -0.0820. The molecule has 0 radical (unpaired) electrons. The van der Waals surface area contributed by atoms with Crippen LogP contribution in [0.15, 0.2) is 24.8 Å². The van der Waals surface area contributed by atoms with Gasteiger partial charge in [0, 0.05) is 25.0 Å². The summed E-state index contributed by atoms with van der Waals surface area (Å²) < 4.78 is 1.86. The van der Waals surface area contributed by atoms with Crippen molar-refractivity contribution in [2.75, 3.05) is 18.9 Å². The molecule has 100 valence electrons. The van der Waals surface area contributed by atoms with Gasteiger partial charge in [-0.1, -0.05) is 12.2 Å². The Kier molecular flexibility index (Phi) is 2.92. The Balaban J connectivity index is 2.06. The maximum Gasteiger partial charge on any atom is 0.165 e. The van der Waals surface area contributed by atoms with E-state index in [1.807, 2.05) is 16.7 Å². The van der Waals surface area contributed by atoms with Crippen LogP contribution < -0.4 is 5.73 Å². The summed E-state index contributed by atoms with van der Waals surface area (Å²) in [5.41, 5.74) is 6.95. The molecular formula is C12H15N5O2. The zero-order valence-corrected chi connectivity index (χ0v) is 10.2. The van der Waals surface area contributed by atoms with Gasteiger partial charge < -0.3 is 20.5 Å². The second-order valence-corrected chi connectivity index (χ2v) is 4.65. The number of aromatic nitrogens is 4. The smallest absolute Gasteiger partial charge is 0.165 e. The molecule has 0 saturated heterocycles. The molecule has 2 heterocycles. The molecule has 3 rings (SSSR count). The summed E-state index contributed by atoms with van der Waals surface area (Å²) in [5.74, 6) is 0.204. The standard InChI is InChI=1S/C12H15N5O2/c13-11-10-12(15-5-14-11)17(6-16-10)9-2-1-7(3-18)8(9)4-19/h1-2,5-9,18-19H,3-4H2,(H2,13,14,15)/t7-,8+,9-/m0/s1. The molecule has 0 aromatic carbocycles. The first-order valence-electron chi connectivity index (χ1n) is 6.09. The fourth-order valence-corrected chi connectivity index (χ4v) is 2.62. The Morgan fingerprint density at radius 3 is 2.74 bits per heavy atom. The molecule has 2 aromatic heterocycles. The lowest BCUT2D eigenvalue weighted by Gasteiger charge is -2.23. The van der Waals surface area contributed by atoms with Crippen molar-refractivity contribution in [3.8, 4) is 0 Å². The third-order valence-electron chi connectivity index (χ3n) is 3.67. The van der Waals surface area contributed by atoms with Gasteiger partial charge >= 0.3 is 0 Å². The second-order valence-electron chi connectivity index (χ2n) is 4.65. The van der Waals surface area contributed by atoms with Crippen molar-refractivity contribution < 1.29 is 10.2 Å². The minimum atomic E-state index is -0.0846. The Morgan fingerprint density at radius 2 is 2.00 bits per heavy atom. The molecule has 0 bridgehead atoms. The lowest BCUT2D eigenvalue weighted by Crippen LogP contribution is -2.24. The van der Waals surface area contributed by atoms with Gasteiger partial charge in [-0.15, -0.1) is 0 Å². The highest BCUT2D eigenvalue weighted by molar-refractivity contribution is 5.81. The van der Waals surface area contributed by atoms with Crippen LogP contribution >= 0.6 is 0 Å². The van der Waals surface area contributed by atoms with Gasteiger partial charge in [0.2, 0.25) is 0 Å². The summed E-state index contributed by atoms with van der Waals surface area (Å²) in [4.78, 5) is 12.3. The maximum atomic E-state index is 9.52. The zero-order valence-electron chi connectivity index (χ0n) is 10.2. The number of nitrogen functional groups attached to an aromatic ring is 1. The third-order valence-corrected chi connectivity index (χ3v) is 3.67. The number of aliphatic hydroxyl groups is 2. The molecule has 2 aromatic rings. The minimum absolute atomic E-state index is 0.0108. The first-order valence-corrected chi connectivity index (χ1v) is 6.09. The molecule has 0 amide bonds. The van der Waals surface area contributed by atoms with Crippen LogP contribution in [0, 0.1) is 11.8 Å². The summed E-state index contributed by atoms with van der Waals surface area (Å²) in [5, 5.41) is 18.8. The van der Waals surface area contributed by atoms with E-state index in [-0.39, 0.29) is 31.1 Å². The number of aliphatic hydroxyl groups excluding tert-OH is 2. The molecule has 3 atom stereocenters. The highest BCUT2D eigenvalue weighted by atomic mass is 16.3. The fourth-order valence-electron chi connectivity index (χ4n) is 2.62. The lowest BCUT2D eigenvalue weighted by molar-refractivity contribution is 0.132. The molecule has 1 aliphatic rings. The van der Waals surface area contributed by atoms with Crippen molar-refractivity contribution in [3.05, 3.63) is 24.8 Å². The molecular weight excluding hydrogens is 246 g/mol. The highest BCUT2D eigenvalue weighted by Gasteiger charge is 2.32. The molecule has 4 N–H and O–H groups in total. The van der Waals surface area contributed by atoms with Crippen molar-refractivity contribution in [1.29, 1.82) is 0 Å². The quantitative estimate of drug-likeness (QED) is 0.656. The highest BCUT2D eigenvalue weighted by Crippen LogP contribution is 2.35. The van der Waals surface area contributed by atoms with Gasteiger partial charge in [0.05, 0.1) is 12.4 Å². The van der Waals surface area contributed by atoms with Gasteiger partial charge in [-0.05, 0) is 0 Å². The SMILES string of the molecule is Nc1ncnc2c1ncn2[C@H]1C=C[C@@H](CO)[C@H]1CO. The molecule has 19 heavy (non-hydrogen) atoms. The average molecular weight is 261 g/mol. The molecule has 0 fully saturated rings. The predicted octanol–water partition coefficient (Wildman–Crippen LogP) is -0.264. The van der Waals surface area contributed by atoms with Crippen LogP contribution in [0.1, 0.15) is 6.04 Å². The Labute approximate surface area is 109 Å². The second kappa shape index (κ2) is 4.60. The van der Waals surface area contributed by atoms with Gasteiger partial charge in [0.25, 0.3) is 0 Å². The summed E-state index contributed by atoms with van der Waals surface area (Å²) in [7, 11) is 0. The Hall–Kier alpha value is -1.99. The zero-order chi connectivity index (χ0) is 13.4. The number of fused-ring (bicyclic) bond motifs is 1. The van der Waals surface area contributed by atoms with Gasteiger partial charge in [0.1, 0.15) is 11.8 Å². The molecule has 1 aliphatic carbocycles. The van der Waals surface area contributed by atoms with Crippen molar-refractivity contribution >= 4 is 17.0 Å². The van der Waals surface area contributed by atoms with E-state index >= 15 is 0 Å².